The van der Waals surface area contributed by atoms with Crippen LogP contribution in [0.3, 0.4) is 0 Å². The molecule has 4 rings (SSSR count). The zero-order valence-corrected chi connectivity index (χ0v) is 16.6. The second kappa shape index (κ2) is 8.30. The molecule has 2 aliphatic heterocycles. The molecule has 0 spiro atoms. The van der Waals surface area contributed by atoms with Crippen molar-refractivity contribution in [1.82, 2.24) is 4.31 Å². The minimum Gasteiger partial charge on any atom is -0.484 e. The third-order valence-electron chi connectivity index (χ3n) is 4.80. The number of ether oxygens (including phenoxy) is 3. The van der Waals surface area contributed by atoms with E-state index in [1.165, 1.54) is 16.4 Å². The third-order valence-corrected chi connectivity index (χ3v) is 6.72. The average Bonchev–Trinajstić information content (AvgIpc) is 3.21. The molecular weight excluding hydrogens is 396 g/mol. The monoisotopic (exact) mass is 418 g/mol. The van der Waals surface area contributed by atoms with Gasteiger partial charge in [0.2, 0.25) is 16.8 Å². The summed E-state index contributed by atoms with van der Waals surface area (Å²) in [7, 11) is -3.48. The Morgan fingerprint density at radius 2 is 1.72 bits per heavy atom. The highest BCUT2D eigenvalue weighted by Gasteiger charge is 2.25. The summed E-state index contributed by atoms with van der Waals surface area (Å²) in [6.45, 7) is 1.08. The van der Waals surface area contributed by atoms with E-state index in [9.17, 15) is 13.2 Å². The van der Waals surface area contributed by atoms with E-state index in [1.807, 2.05) is 0 Å². The van der Waals surface area contributed by atoms with Crippen LogP contribution >= 0.6 is 0 Å². The number of piperidine rings is 1. The highest BCUT2D eigenvalue weighted by Crippen LogP contribution is 2.34. The van der Waals surface area contributed by atoms with Crippen molar-refractivity contribution in [1.29, 1.82) is 0 Å². The molecule has 1 amide bonds. The van der Waals surface area contributed by atoms with Crippen molar-refractivity contribution < 1.29 is 27.4 Å². The van der Waals surface area contributed by atoms with Crippen LogP contribution in [0.15, 0.2) is 47.4 Å². The van der Waals surface area contributed by atoms with E-state index in [0.29, 0.717) is 36.0 Å². The number of sulfonamides is 1. The topological polar surface area (TPSA) is 94.2 Å². The van der Waals surface area contributed by atoms with Crippen molar-refractivity contribution in [2.24, 2.45) is 0 Å². The Bertz CT molecular complexity index is 985. The minimum atomic E-state index is -3.48. The Kier molecular flexibility index (Phi) is 5.59. The lowest BCUT2D eigenvalue weighted by molar-refractivity contribution is -0.118. The average molecular weight is 418 g/mol. The van der Waals surface area contributed by atoms with Gasteiger partial charge in [-0.15, -0.1) is 0 Å². The molecule has 1 N–H and O–H groups in total. The number of benzene rings is 2. The van der Waals surface area contributed by atoms with Gasteiger partial charge in [-0.2, -0.15) is 4.31 Å². The number of nitrogens with one attached hydrogen (secondary N) is 1. The van der Waals surface area contributed by atoms with Crippen LogP contribution in [0.5, 0.6) is 17.2 Å². The van der Waals surface area contributed by atoms with Gasteiger partial charge in [-0.3, -0.25) is 4.79 Å². The molecule has 0 radical (unpaired) electrons. The van der Waals surface area contributed by atoms with Gasteiger partial charge in [0.05, 0.1) is 4.90 Å². The van der Waals surface area contributed by atoms with Gasteiger partial charge in [0.1, 0.15) is 5.75 Å². The molecule has 8 nitrogen and oxygen atoms in total. The van der Waals surface area contributed by atoms with Crippen molar-refractivity contribution in [3.63, 3.8) is 0 Å². The lowest BCUT2D eigenvalue weighted by Gasteiger charge is -2.25. The second-order valence-electron chi connectivity index (χ2n) is 6.84. The molecule has 0 unspecified atom stereocenters. The molecule has 2 heterocycles. The van der Waals surface area contributed by atoms with Gasteiger partial charge in [0.25, 0.3) is 5.91 Å². The molecule has 1 saturated heterocycles. The quantitative estimate of drug-likeness (QED) is 0.775. The third kappa shape index (κ3) is 4.46. The largest absolute Gasteiger partial charge is 0.484 e. The van der Waals surface area contributed by atoms with Crippen LogP contribution in [0.25, 0.3) is 0 Å². The lowest BCUT2D eigenvalue weighted by Crippen LogP contribution is -2.35. The van der Waals surface area contributed by atoms with Crippen LogP contribution in [0, 0.1) is 0 Å². The van der Waals surface area contributed by atoms with E-state index in [4.69, 9.17) is 14.2 Å². The van der Waals surface area contributed by atoms with Crippen molar-refractivity contribution in [2.75, 3.05) is 31.8 Å². The maximum absolute atomic E-state index is 12.7. The lowest BCUT2D eigenvalue weighted by atomic mass is 10.2. The summed E-state index contributed by atoms with van der Waals surface area (Å²) in [6, 6.07) is 11.3. The summed E-state index contributed by atoms with van der Waals surface area (Å²) in [4.78, 5) is 12.3. The zero-order valence-electron chi connectivity index (χ0n) is 15.8. The summed E-state index contributed by atoms with van der Waals surface area (Å²) in [5.74, 6) is 1.30. The summed E-state index contributed by atoms with van der Waals surface area (Å²) < 4.78 is 42.8. The first kappa shape index (κ1) is 19.5. The van der Waals surface area contributed by atoms with Crippen molar-refractivity contribution in [3.8, 4) is 17.2 Å². The zero-order chi connectivity index (χ0) is 20.3. The van der Waals surface area contributed by atoms with Gasteiger partial charge in [0.15, 0.2) is 18.1 Å². The Morgan fingerprint density at radius 1 is 1.00 bits per heavy atom. The first-order valence-electron chi connectivity index (χ1n) is 9.45. The number of amides is 1. The number of nitrogens with zero attached hydrogens (tertiary/aromatic N) is 1. The predicted octanol–water partition coefficient (Wildman–Crippen LogP) is 2.61. The Balaban J connectivity index is 1.32. The van der Waals surface area contributed by atoms with E-state index in [0.717, 1.165) is 19.3 Å². The van der Waals surface area contributed by atoms with Crippen molar-refractivity contribution in [3.05, 3.63) is 42.5 Å². The molecule has 2 aromatic rings. The van der Waals surface area contributed by atoms with Crippen molar-refractivity contribution in [2.45, 2.75) is 24.2 Å². The van der Waals surface area contributed by atoms with Gasteiger partial charge in [-0.25, -0.2) is 8.42 Å². The SMILES string of the molecule is O=C(COc1ccc(S(=O)(=O)N2CCCCC2)cc1)Nc1ccc2c(c1)OCO2. The van der Waals surface area contributed by atoms with E-state index >= 15 is 0 Å². The van der Waals surface area contributed by atoms with Crippen LogP contribution in [-0.4, -0.2) is 45.1 Å². The van der Waals surface area contributed by atoms with Crippen LogP contribution in [0.1, 0.15) is 19.3 Å². The molecule has 9 heteroatoms. The number of carbonyl (C=O) groups is 1. The first-order valence-corrected chi connectivity index (χ1v) is 10.9. The van der Waals surface area contributed by atoms with Crippen LogP contribution in [0.4, 0.5) is 5.69 Å². The second-order valence-corrected chi connectivity index (χ2v) is 8.78. The fourth-order valence-electron chi connectivity index (χ4n) is 3.28. The minimum absolute atomic E-state index is 0.166. The molecule has 2 aromatic carbocycles. The number of rotatable bonds is 6. The molecule has 1 fully saturated rings. The number of anilines is 1. The number of hydrogen-bond donors (Lipinski definition) is 1. The molecule has 154 valence electrons. The molecule has 0 aliphatic carbocycles. The fraction of sp³-hybridized carbons (Fsp3) is 0.350. The maximum atomic E-state index is 12.7. The summed E-state index contributed by atoms with van der Waals surface area (Å²) in [6.07, 6.45) is 2.84. The normalized spacial score (nSPS) is 16.4. The summed E-state index contributed by atoms with van der Waals surface area (Å²) in [5.41, 5.74) is 0.575. The molecule has 0 atom stereocenters. The van der Waals surface area contributed by atoms with E-state index in [-0.39, 0.29) is 24.2 Å². The number of fused-ring (bicyclic) bond motifs is 1. The standard InChI is InChI=1S/C20H22N2O6S/c23-20(21-15-4-9-18-19(12-15)28-14-27-18)13-26-16-5-7-17(8-6-16)29(24,25)22-10-2-1-3-11-22/h4-9,12H,1-3,10-11,13-14H2,(H,21,23). The van der Waals surface area contributed by atoms with Crippen molar-refractivity contribution >= 4 is 21.6 Å². The smallest absolute Gasteiger partial charge is 0.262 e. The maximum Gasteiger partial charge on any atom is 0.262 e. The van der Waals surface area contributed by atoms with Gasteiger partial charge in [0, 0.05) is 24.8 Å². The summed E-state index contributed by atoms with van der Waals surface area (Å²) >= 11 is 0. The Labute approximate surface area is 169 Å². The highest BCUT2D eigenvalue weighted by molar-refractivity contribution is 7.89. The predicted molar refractivity (Wildman–Crippen MR) is 106 cm³/mol. The molecule has 2 aliphatic rings. The molecular formula is C20H22N2O6S. The van der Waals surface area contributed by atoms with Crippen LogP contribution in [0.2, 0.25) is 0 Å². The molecule has 0 aromatic heterocycles. The van der Waals surface area contributed by atoms with E-state index in [2.05, 4.69) is 5.32 Å². The summed E-state index contributed by atoms with van der Waals surface area (Å²) in [5, 5.41) is 2.72. The van der Waals surface area contributed by atoms with Gasteiger partial charge >= 0.3 is 0 Å². The molecule has 29 heavy (non-hydrogen) atoms. The Hall–Kier alpha value is -2.78. The van der Waals surface area contributed by atoms with Gasteiger partial charge in [-0.05, 0) is 49.2 Å². The van der Waals surface area contributed by atoms with E-state index < -0.39 is 10.0 Å². The number of hydrogen-bond acceptors (Lipinski definition) is 6. The van der Waals surface area contributed by atoms with E-state index in [1.54, 1.807) is 30.3 Å². The molecule has 0 saturated carbocycles. The first-order chi connectivity index (χ1) is 14.0. The van der Waals surface area contributed by atoms with Crippen LogP contribution in [-0.2, 0) is 14.8 Å². The van der Waals surface area contributed by atoms with Crippen LogP contribution < -0.4 is 19.5 Å². The number of carbonyl (C=O) groups excluding carboxylic acids is 1. The van der Waals surface area contributed by atoms with Gasteiger partial charge in [-0.1, -0.05) is 6.42 Å². The molecule has 0 bridgehead atoms. The Morgan fingerprint density at radius 3 is 2.48 bits per heavy atom. The van der Waals surface area contributed by atoms with Gasteiger partial charge < -0.3 is 19.5 Å². The fourth-order valence-corrected chi connectivity index (χ4v) is 4.80. The highest BCUT2D eigenvalue weighted by atomic mass is 32.2.